The van der Waals surface area contributed by atoms with Crippen LogP contribution in [-0.2, 0) is 32.1 Å². The lowest BCUT2D eigenvalue weighted by molar-refractivity contribution is -0.158. The first-order chi connectivity index (χ1) is 15.9. The van der Waals surface area contributed by atoms with E-state index in [4.69, 9.17) is 9.15 Å². The maximum Gasteiger partial charge on any atom is 0.387 e. The van der Waals surface area contributed by atoms with Crippen LogP contribution in [-0.4, -0.2) is 37.8 Å². The molecule has 0 aliphatic carbocycles. The minimum atomic E-state index is -3.03. The van der Waals surface area contributed by atoms with Crippen molar-refractivity contribution in [2.24, 2.45) is 5.92 Å². The number of aromatic nitrogens is 1. The zero-order valence-electron chi connectivity index (χ0n) is 17.8. The van der Waals surface area contributed by atoms with Crippen molar-refractivity contribution in [3.8, 4) is 23.0 Å². The molecule has 0 saturated heterocycles. The molecule has 0 radical (unpaired) electrons. The predicted molar refractivity (Wildman–Crippen MR) is 111 cm³/mol. The monoisotopic (exact) mass is 461 g/mol. The van der Waals surface area contributed by atoms with Crippen molar-refractivity contribution in [2.75, 3.05) is 14.2 Å². The number of hydrogen-bond acceptors (Lipinski definition) is 8. The van der Waals surface area contributed by atoms with Crippen LogP contribution in [0.15, 0.2) is 59.2 Å². The van der Waals surface area contributed by atoms with Gasteiger partial charge in [-0.05, 0) is 23.8 Å². The molecule has 3 aromatic rings. The van der Waals surface area contributed by atoms with Crippen LogP contribution in [0.4, 0.5) is 8.78 Å². The Bertz CT molecular complexity index is 1070. The Balaban J connectivity index is 1.83. The molecule has 1 heterocycles. The van der Waals surface area contributed by atoms with E-state index in [1.807, 2.05) is 30.3 Å². The van der Waals surface area contributed by atoms with Crippen molar-refractivity contribution in [3.63, 3.8) is 0 Å². The second kappa shape index (κ2) is 11.1. The third-order valence-corrected chi connectivity index (χ3v) is 4.58. The summed E-state index contributed by atoms with van der Waals surface area (Å²) in [5.74, 6) is -2.68. The zero-order chi connectivity index (χ0) is 23.8. The molecule has 0 saturated carbocycles. The van der Waals surface area contributed by atoms with Crippen LogP contribution in [0.5, 0.6) is 11.5 Å². The van der Waals surface area contributed by atoms with Crippen molar-refractivity contribution in [1.82, 2.24) is 4.98 Å². The molecular weight excluding hydrogens is 440 g/mol. The molecule has 0 bridgehead atoms. The number of carbonyl (C=O) groups excluding carboxylic acids is 2. The summed E-state index contributed by atoms with van der Waals surface area (Å²) in [5.41, 5.74) is 1.55. The van der Waals surface area contributed by atoms with Crippen molar-refractivity contribution < 1.29 is 41.7 Å². The van der Waals surface area contributed by atoms with E-state index in [9.17, 15) is 18.4 Å². The molecule has 0 fully saturated rings. The summed E-state index contributed by atoms with van der Waals surface area (Å²) in [6.45, 7) is -2.91. The molecule has 33 heavy (non-hydrogen) atoms. The van der Waals surface area contributed by atoms with E-state index in [0.29, 0.717) is 11.3 Å². The van der Waals surface area contributed by atoms with Crippen LogP contribution in [0, 0.1) is 5.92 Å². The first kappa shape index (κ1) is 23.7. The predicted octanol–water partition coefficient (Wildman–Crippen LogP) is 4.03. The van der Waals surface area contributed by atoms with Crippen LogP contribution >= 0.6 is 0 Å². The number of nitrogens with zero attached hydrogens (tertiary/aromatic N) is 1. The van der Waals surface area contributed by atoms with E-state index in [-0.39, 0.29) is 30.4 Å². The Morgan fingerprint density at radius 3 is 2.33 bits per heavy atom. The molecule has 174 valence electrons. The van der Waals surface area contributed by atoms with Gasteiger partial charge >= 0.3 is 18.6 Å². The molecule has 0 amide bonds. The third kappa shape index (κ3) is 6.28. The van der Waals surface area contributed by atoms with Gasteiger partial charge in [0.15, 0.2) is 17.4 Å². The molecule has 0 aliphatic rings. The van der Waals surface area contributed by atoms with Gasteiger partial charge in [-0.25, -0.2) is 4.98 Å². The van der Waals surface area contributed by atoms with Gasteiger partial charge in [-0.2, -0.15) is 8.78 Å². The van der Waals surface area contributed by atoms with Crippen molar-refractivity contribution >= 4 is 11.9 Å². The van der Waals surface area contributed by atoms with E-state index < -0.39 is 24.5 Å². The van der Waals surface area contributed by atoms with Crippen molar-refractivity contribution in [2.45, 2.75) is 19.6 Å². The number of oxazole rings is 1. The third-order valence-electron chi connectivity index (χ3n) is 4.58. The van der Waals surface area contributed by atoms with Gasteiger partial charge in [0.1, 0.15) is 12.9 Å². The average molecular weight is 461 g/mol. The zero-order valence-corrected chi connectivity index (χ0v) is 17.8. The number of halogens is 2. The summed E-state index contributed by atoms with van der Waals surface area (Å²) in [4.78, 5) is 28.0. The lowest BCUT2D eigenvalue weighted by atomic mass is 10.0. The minimum absolute atomic E-state index is 0.0680. The number of methoxy groups -OCH3 is 2. The lowest BCUT2D eigenvalue weighted by Crippen LogP contribution is -2.28. The van der Waals surface area contributed by atoms with Gasteiger partial charge in [0.2, 0.25) is 5.89 Å². The summed E-state index contributed by atoms with van der Waals surface area (Å²) in [6.07, 6.45) is 1.18. The molecule has 2 aromatic carbocycles. The van der Waals surface area contributed by atoms with Crippen LogP contribution in [0.25, 0.3) is 11.5 Å². The number of carbonyl (C=O) groups is 2. The SMILES string of the molecule is COC(=O)C(Cc1coc(-c2ccc(OC(F)F)c(OCc3ccccc3)c2)n1)C(=O)OC. The Morgan fingerprint density at radius 2 is 1.70 bits per heavy atom. The minimum Gasteiger partial charge on any atom is -0.485 e. The van der Waals surface area contributed by atoms with E-state index >= 15 is 0 Å². The molecule has 0 atom stereocenters. The van der Waals surface area contributed by atoms with Gasteiger partial charge in [0.05, 0.1) is 19.9 Å². The van der Waals surface area contributed by atoms with Crippen molar-refractivity contribution in [3.05, 3.63) is 66.1 Å². The summed E-state index contributed by atoms with van der Waals surface area (Å²) in [5, 5.41) is 0. The maximum absolute atomic E-state index is 12.8. The fraction of sp³-hybridized carbons (Fsp3) is 0.261. The number of alkyl halides is 2. The standard InChI is InChI=1S/C23H21F2NO7/c1-29-21(27)17(22(28)30-2)11-16-13-32-20(26-16)15-8-9-18(33-23(24)25)19(10-15)31-12-14-6-4-3-5-7-14/h3-10,13,17,23H,11-12H2,1-2H3. The Kier molecular flexibility index (Phi) is 7.96. The van der Waals surface area contributed by atoms with Crippen molar-refractivity contribution in [1.29, 1.82) is 0 Å². The first-order valence-electron chi connectivity index (χ1n) is 9.77. The van der Waals surface area contributed by atoms with Gasteiger partial charge in [-0.1, -0.05) is 30.3 Å². The molecule has 1 aromatic heterocycles. The Hall–Kier alpha value is -3.95. The second-order valence-electron chi connectivity index (χ2n) is 6.76. The summed E-state index contributed by atoms with van der Waals surface area (Å²) >= 11 is 0. The van der Waals surface area contributed by atoms with E-state index in [0.717, 1.165) is 19.8 Å². The smallest absolute Gasteiger partial charge is 0.387 e. The molecule has 0 aliphatic heterocycles. The maximum atomic E-state index is 12.8. The van der Waals surface area contributed by atoms with Gasteiger partial charge < -0.3 is 23.4 Å². The van der Waals surface area contributed by atoms with Crippen LogP contribution in [0.2, 0.25) is 0 Å². The molecule has 0 N–H and O–H groups in total. The van der Waals surface area contributed by atoms with Gasteiger partial charge in [-0.3, -0.25) is 9.59 Å². The van der Waals surface area contributed by atoms with Gasteiger partial charge in [0.25, 0.3) is 0 Å². The molecule has 0 spiro atoms. The second-order valence-corrected chi connectivity index (χ2v) is 6.76. The summed E-state index contributed by atoms with van der Waals surface area (Å²) in [6, 6.07) is 13.4. The van der Waals surface area contributed by atoms with Gasteiger partial charge in [-0.15, -0.1) is 0 Å². The van der Waals surface area contributed by atoms with Crippen LogP contribution in [0.1, 0.15) is 11.3 Å². The molecular formula is C23H21F2NO7. The highest BCUT2D eigenvalue weighted by Crippen LogP contribution is 2.34. The van der Waals surface area contributed by atoms with E-state index in [2.05, 4.69) is 19.2 Å². The largest absolute Gasteiger partial charge is 0.485 e. The Labute approximate surface area is 188 Å². The number of esters is 2. The highest BCUT2D eigenvalue weighted by Gasteiger charge is 2.30. The molecule has 10 heteroatoms. The summed E-state index contributed by atoms with van der Waals surface area (Å²) in [7, 11) is 2.32. The topological polar surface area (TPSA) is 97.1 Å². The highest BCUT2D eigenvalue weighted by molar-refractivity contribution is 5.95. The van der Waals surface area contributed by atoms with Crippen LogP contribution in [0.3, 0.4) is 0 Å². The number of benzene rings is 2. The molecule has 3 rings (SSSR count). The number of ether oxygens (including phenoxy) is 4. The average Bonchev–Trinajstić information content (AvgIpc) is 3.30. The molecule has 8 nitrogen and oxygen atoms in total. The van der Waals surface area contributed by atoms with E-state index in [1.54, 1.807) is 0 Å². The number of rotatable bonds is 10. The molecule has 0 unspecified atom stereocenters. The quantitative estimate of drug-likeness (QED) is 0.330. The fourth-order valence-electron chi connectivity index (χ4n) is 2.97. The first-order valence-corrected chi connectivity index (χ1v) is 9.77. The Morgan fingerprint density at radius 1 is 1.00 bits per heavy atom. The van der Waals surface area contributed by atoms with Gasteiger partial charge in [0, 0.05) is 12.0 Å². The lowest BCUT2D eigenvalue weighted by Gasteiger charge is -2.13. The normalized spacial score (nSPS) is 10.8. The summed E-state index contributed by atoms with van der Waals surface area (Å²) < 4.78 is 50.6. The van der Waals surface area contributed by atoms with Crippen LogP contribution < -0.4 is 9.47 Å². The van der Waals surface area contributed by atoms with E-state index in [1.165, 1.54) is 24.5 Å². The highest BCUT2D eigenvalue weighted by atomic mass is 19.3. The fourth-order valence-corrected chi connectivity index (χ4v) is 2.97. The number of hydrogen-bond donors (Lipinski definition) is 0.